The Morgan fingerprint density at radius 1 is 1.47 bits per heavy atom. The van der Waals surface area contributed by atoms with Crippen LogP contribution in [-0.4, -0.2) is 23.7 Å². The van der Waals surface area contributed by atoms with E-state index in [-0.39, 0.29) is 18.6 Å². The van der Waals surface area contributed by atoms with Crippen LogP contribution in [0.1, 0.15) is 25.8 Å². The highest BCUT2D eigenvalue weighted by atomic mass is 16.3. The van der Waals surface area contributed by atoms with Crippen LogP contribution in [0.4, 0.5) is 0 Å². The second-order valence-electron chi connectivity index (χ2n) is 4.33. The van der Waals surface area contributed by atoms with E-state index in [1.165, 1.54) is 0 Å². The Hall–Kier alpha value is -1.39. The number of nitrogens with two attached hydrogens (primary N) is 1. The SMILES string of the molecule is CC[C@@H](CO)NC(=O)C(C)(N)c1ccccc1. The first-order chi connectivity index (χ1) is 8.02. The van der Waals surface area contributed by atoms with Crippen LogP contribution in [0.3, 0.4) is 0 Å². The Kier molecular flexibility index (Phi) is 4.66. The lowest BCUT2D eigenvalue weighted by molar-refractivity contribution is -0.127. The van der Waals surface area contributed by atoms with Crippen LogP contribution >= 0.6 is 0 Å². The number of hydrogen-bond donors (Lipinski definition) is 3. The van der Waals surface area contributed by atoms with Crippen LogP contribution in [0, 0.1) is 0 Å². The van der Waals surface area contributed by atoms with Gasteiger partial charge < -0.3 is 16.2 Å². The Balaban J connectivity index is 2.80. The third-order valence-corrected chi connectivity index (χ3v) is 2.89. The summed E-state index contributed by atoms with van der Waals surface area (Å²) in [5.41, 5.74) is 5.72. The number of hydrogen-bond acceptors (Lipinski definition) is 3. The number of carbonyl (C=O) groups excluding carboxylic acids is 1. The second-order valence-corrected chi connectivity index (χ2v) is 4.33. The average Bonchev–Trinajstić information content (AvgIpc) is 2.36. The van der Waals surface area contributed by atoms with Crippen molar-refractivity contribution in [2.75, 3.05) is 6.61 Å². The van der Waals surface area contributed by atoms with Gasteiger partial charge >= 0.3 is 0 Å². The van der Waals surface area contributed by atoms with Crippen LogP contribution in [0.5, 0.6) is 0 Å². The third kappa shape index (κ3) is 3.28. The summed E-state index contributed by atoms with van der Waals surface area (Å²) in [7, 11) is 0. The molecule has 0 bridgehead atoms. The standard InChI is InChI=1S/C13H20N2O2/c1-3-11(9-16)15-12(17)13(2,14)10-7-5-4-6-8-10/h4-8,11,16H,3,9,14H2,1-2H3,(H,15,17)/t11-,13?/m0/s1. The molecule has 1 amide bonds. The molecule has 1 aromatic rings. The predicted octanol–water partition coefficient (Wildman–Crippen LogP) is 0.748. The molecule has 17 heavy (non-hydrogen) atoms. The van der Waals surface area contributed by atoms with Gasteiger partial charge in [0.1, 0.15) is 5.54 Å². The molecule has 94 valence electrons. The maximum absolute atomic E-state index is 12.0. The van der Waals surface area contributed by atoms with Crippen molar-refractivity contribution in [2.45, 2.75) is 31.8 Å². The quantitative estimate of drug-likeness (QED) is 0.706. The summed E-state index contributed by atoms with van der Waals surface area (Å²) >= 11 is 0. The zero-order valence-electron chi connectivity index (χ0n) is 10.3. The summed E-state index contributed by atoms with van der Waals surface area (Å²) in [5.74, 6) is -0.274. The highest BCUT2D eigenvalue weighted by Crippen LogP contribution is 2.17. The van der Waals surface area contributed by atoms with Crippen molar-refractivity contribution in [1.82, 2.24) is 5.32 Å². The van der Waals surface area contributed by atoms with E-state index >= 15 is 0 Å². The van der Waals surface area contributed by atoms with Crippen molar-refractivity contribution in [1.29, 1.82) is 0 Å². The molecule has 0 aliphatic rings. The maximum Gasteiger partial charge on any atom is 0.244 e. The maximum atomic E-state index is 12.0. The van der Waals surface area contributed by atoms with Crippen molar-refractivity contribution in [3.8, 4) is 0 Å². The summed E-state index contributed by atoms with van der Waals surface area (Å²) in [4.78, 5) is 12.0. The van der Waals surface area contributed by atoms with Crippen LogP contribution in [0.15, 0.2) is 30.3 Å². The van der Waals surface area contributed by atoms with Crippen LogP contribution < -0.4 is 11.1 Å². The van der Waals surface area contributed by atoms with Gasteiger partial charge in [-0.2, -0.15) is 0 Å². The number of amides is 1. The fraction of sp³-hybridized carbons (Fsp3) is 0.462. The van der Waals surface area contributed by atoms with Gasteiger partial charge in [0.05, 0.1) is 12.6 Å². The molecule has 0 aromatic heterocycles. The molecule has 0 spiro atoms. The topological polar surface area (TPSA) is 75.3 Å². The predicted molar refractivity (Wildman–Crippen MR) is 67.3 cm³/mol. The molecule has 0 saturated heterocycles. The van der Waals surface area contributed by atoms with E-state index in [4.69, 9.17) is 10.8 Å². The second kappa shape index (κ2) is 5.80. The van der Waals surface area contributed by atoms with Crippen molar-refractivity contribution in [3.05, 3.63) is 35.9 Å². The minimum Gasteiger partial charge on any atom is -0.394 e. The summed E-state index contributed by atoms with van der Waals surface area (Å²) in [6.07, 6.45) is 0.674. The fourth-order valence-corrected chi connectivity index (χ4v) is 1.53. The molecule has 0 fully saturated rings. The highest BCUT2D eigenvalue weighted by Gasteiger charge is 2.31. The monoisotopic (exact) mass is 236 g/mol. The number of benzene rings is 1. The van der Waals surface area contributed by atoms with Gasteiger partial charge in [-0.05, 0) is 18.9 Å². The lowest BCUT2D eigenvalue weighted by Crippen LogP contribution is -2.52. The molecule has 2 atom stereocenters. The van der Waals surface area contributed by atoms with Crippen LogP contribution in [0.25, 0.3) is 0 Å². The summed E-state index contributed by atoms with van der Waals surface area (Å²) < 4.78 is 0. The molecular formula is C13H20N2O2. The zero-order chi connectivity index (χ0) is 12.9. The van der Waals surface area contributed by atoms with Gasteiger partial charge in [0.15, 0.2) is 0 Å². The first kappa shape index (κ1) is 13.7. The molecule has 4 nitrogen and oxygen atoms in total. The lowest BCUT2D eigenvalue weighted by atomic mass is 9.92. The Labute approximate surface area is 102 Å². The van der Waals surface area contributed by atoms with Crippen LogP contribution in [0.2, 0.25) is 0 Å². The first-order valence-corrected chi connectivity index (χ1v) is 5.78. The molecule has 1 unspecified atom stereocenters. The van der Waals surface area contributed by atoms with Gasteiger partial charge in [-0.15, -0.1) is 0 Å². The van der Waals surface area contributed by atoms with Gasteiger partial charge in [-0.1, -0.05) is 37.3 Å². The Bertz CT molecular complexity index is 359. The minimum atomic E-state index is -1.08. The number of nitrogens with one attached hydrogen (secondary N) is 1. The van der Waals surface area contributed by atoms with E-state index < -0.39 is 5.54 Å². The molecule has 0 heterocycles. The zero-order valence-corrected chi connectivity index (χ0v) is 10.3. The van der Waals surface area contributed by atoms with Crippen LogP contribution in [-0.2, 0) is 10.3 Å². The van der Waals surface area contributed by atoms with E-state index in [0.717, 1.165) is 5.56 Å². The lowest BCUT2D eigenvalue weighted by Gasteiger charge is -2.26. The van der Waals surface area contributed by atoms with E-state index in [0.29, 0.717) is 6.42 Å². The summed E-state index contributed by atoms with van der Waals surface area (Å²) in [5, 5.41) is 11.8. The first-order valence-electron chi connectivity index (χ1n) is 5.78. The molecular weight excluding hydrogens is 216 g/mol. The molecule has 0 aliphatic heterocycles. The van der Waals surface area contributed by atoms with Gasteiger partial charge in [0, 0.05) is 0 Å². The van der Waals surface area contributed by atoms with E-state index in [1.54, 1.807) is 6.92 Å². The number of carbonyl (C=O) groups is 1. The molecule has 0 saturated carbocycles. The summed E-state index contributed by atoms with van der Waals surface area (Å²) in [6, 6.07) is 8.96. The number of aliphatic hydroxyl groups excluding tert-OH is 1. The van der Waals surface area contributed by atoms with Crippen molar-refractivity contribution in [2.24, 2.45) is 5.73 Å². The normalized spacial score (nSPS) is 16.0. The van der Waals surface area contributed by atoms with Gasteiger partial charge in [0.2, 0.25) is 5.91 Å². The Morgan fingerprint density at radius 3 is 2.53 bits per heavy atom. The van der Waals surface area contributed by atoms with Gasteiger partial charge in [-0.25, -0.2) is 0 Å². The van der Waals surface area contributed by atoms with E-state index in [9.17, 15) is 4.79 Å². The largest absolute Gasteiger partial charge is 0.394 e. The average molecular weight is 236 g/mol. The van der Waals surface area contributed by atoms with E-state index in [2.05, 4.69) is 5.32 Å². The third-order valence-electron chi connectivity index (χ3n) is 2.89. The Morgan fingerprint density at radius 2 is 2.06 bits per heavy atom. The smallest absolute Gasteiger partial charge is 0.244 e. The molecule has 0 aliphatic carbocycles. The highest BCUT2D eigenvalue weighted by molar-refractivity contribution is 5.87. The van der Waals surface area contributed by atoms with Crippen molar-refractivity contribution < 1.29 is 9.90 Å². The number of aliphatic hydroxyl groups is 1. The minimum absolute atomic E-state index is 0.0763. The number of rotatable bonds is 5. The van der Waals surface area contributed by atoms with Gasteiger partial charge in [-0.3, -0.25) is 4.79 Å². The van der Waals surface area contributed by atoms with Gasteiger partial charge in [0.25, 0.3) is 0 Å². The molecule has 1 aromatic carbocycles. The molecule has 0 radical (unpaired) electrons. The van der Waals surface area contributed by atoms with E-state index in [1.807, 2.05) is 37.3 Å². The van der Waals surface area contributed by atoms with Crippen molar-refractivity contribution >= 4 is 5.91 Å². The summed E-state index contributed by atoms with van der Waals surface area (Å²) in [6.45, 7) is 3.49. The molecule has 4 N–H and O–H groups in total. The van der Waals surface area contributed by atoms with Crippen molar-refractivity contribution in [3.63, 3.8) is 0 Å². The molecule has 1 rings (SSSR count). The molecule has 4 heteroatoms. The fourth-order valence-electron chi connectivity index (χ4n) is 1.53.